The minimum absolute atomic E-state index is 0. The van der Waals surface area contributed by atoms with Crippen molar-refractivity contribution >= 4 is 28.9 Å². The highest BCUT2D eigenvalue weighted by molar-refractivity contribution is 6.35. The predicted molar refractivity (Wildman–Crippen MR) is 39.0 cm³/mol. The first-order chi connectivity index (χ1) is 4.20. The van der Waals surface area contributed by atoms with Gasteiger partial charge in [0.2, 0.25) is 0 Å². The summed E-state index contributed by atoms with van der Waals surface area (Å²) in [5.74, 6) is 0. The molecule has 0 saturated heterocycles. The highest BCUT2D eigenvalue weighted by Gasteiger charge is 1.97. The maximum atomic E-state index is 5.67. The lowest BCUT2D eigenvalue weighted by Gasteiger charge is -1.91. The molecule has 0 aromatic heterocycles. The zero-order valence-electron chi connectivity index (χ0n) is 5.07. The van der Waals surface area contributed by atoms with Crippen molar-refractivity contribution in [3.63, 3.8) is 0 Å². The lowest BCUT2D eigenvalue weighted by atomic mass is 10.3. The Hall–Kier alpha value is 0.490. The minimum atomic E-state index is 0. The predicted octanol–water partition coefficient (Wildman–Crippen LogP) is -1.13. The van der Waals surface area contributed by atoms with E-state index in [1.807, 2.05) is 0 Å². The van der Waals surface area contributed by atoms with Crippen LogP contribution in [0.3, 0.4) is 0 Å². The van der Waals surface area contributed by atoms with Crippen molar-refractivity contribution in [2.24, 2.45) is 0 Å². The fourth-order valence-corrected chi connectivity index (χ4v) is 0.930. The second kappa shape index (κ2) is 4.38. The van der Waals surface area contributed by atoms with Gasteiger partial charge < -0.3 is 29.7 Å². The topological polar surface area (TPSA) is 27.6 Å². The van der Waals surface area contributed by atoms with Gasteiger partial charge in [0, 0.05) is 11.1 Å². The second-order valence-corrected chi connectivity index (χ2v) is 2.58. The summed E-state index contributed by atoms with van der Waals surface area (Å²) in [4.78, 5) is 0. The van der Waals surface area contributed by atoms with E-state index in [-0.39, 0.29) is 24.0 Å². The van der Waals surface area contributed by atoms with Crippen LogP contribution in [0.1, 0.15) is 0 Å². The third-order valence-electron chi connectivity index (χ3n) is 1.02. The van der Waals surface area contributed by atoms with E-state index in [1.165, 1.54) is 0 Å². The first-order valence-corrected chi connectivity index (χ1v) is 3.23. The van der Waals surface area contributed by atoms with E-state index >= 15 is 0 Å². The van der Waals surface area contributed by atoms with Crippen LogP contribution in [0.15, 0.2) is 18.2 Å². The Labute approximate surface area is 86.5 Å². The highest BCUT2D eigenvalue weighted by atomic mass is 127. The number of hydrogen-bond acceptors (Lipinski definition) is 0. The van der Waals surface area contributed by atoms with E-state index in [2.05, 4.69) is 5.73 Å². The van der Waals surface area contributed by atoms with Gasteiger partial charge in [0.25, 0.3) is 0 Å². The van der Waals surface area contributed by atoms with Crippen LogP contribution in [0.2, 0.25) is 10.0 Å². The van der Waals surface area contributed by atoms with E-state index in [4.69, 9.17) is 23.2 Å². The van der Waals surface area contributed by atoms with Gasteiger partial charge >= 0.3 is 0 Å². The Morgan fingerprint density at radius 3 is 2.20 bits per heavy atom. The molecule has 0 heterocycles. The molecule has 56 valence electrons. The van der Waals surface area contributed by atoms with Crippen LogP contribution in [0.25, 0.3) is 0 Å². The molecule has 10 heavy (non-hydrogen) atoms. The monoisotopic (exact) mass is 289 g/mol. The number of hydrogen-bond donors (Lipinski definition) is 1. The standard InChI is InChI=1S/C6H5Cl2N.HI/c7-4-1-2-6(9)5(8)3-4;/h1-3H,9H2;1H. The average molecular weight is 290 g/mol. The summed E-state index contributed by atoms with van der Waals surface area (Å²) in [6.07, 6.45) is 0. The van der Waals surface area contributed by atoms with E-state index in [0.29, 0.717) is 10.0 Å². The SMILES string of the molecule is [I-].[NH3+]c1ccc(Cl)cc1Cl. The minimum Gasteiger partial charge on any atom is -1.00 e. The van der Waals surface area contributed by atoms with Gasteiger partial charge in [-0.05, 0) is 12.1 Å². The van der Waals surface area contributed by atoms with Gasteiger partial charge in [0.15, 0.2) is 0 Å². The maximum absolute atomic E-state index is 5.67. The molecule has 0 amide bonds. The number of quaternary nitrogens is 1. The Morgan fingerprint density at radius 1 is 1.20 bits per heavy atom. The fraction of sp³-hybridized carbons (Fsp3) is 0. The van der Waals surface area contributed by atoms with E-state index < -0.39 is 0 Å². The van der Waals surface area contributed by atoms with Gasteiger partial charge in [-0.3, -0.25) is 0 Å². The van der Waals surface area contributed by atoms with Crippen molar-refractivity contribution in [1.29, 1.82) is 0 Å². The summed E-state index contributed by atoms with van der Waals surface area (Å²) in [6.45, 7) is 0. The van der Waals surface area contributed by atoms with Gasteiger partial charge in [0.1, 0.15) is 10.7 Å². The Bertz CT molecular complexity index is 227. The molecule has 1 nitrogen and oxygen atoms in total. The van der Waals surface area contributed by atoms with Crippen molar-refractivity contribution in [2.75, 3.05) is 0 Å². The molecule has 1 aromatic rings. The molecule has 0 aliphatic carbocycles. The smallest absolute Gasteiger partial charge is 0.146 e. The van der Waals surface area contributed by atoms with Crippen LogP contribution in [0.5, 0.6) is 0 Å². The molecule has 0 bridgehead atoms. The van der Waals surface area contributed by atoms with Gasteiger partial charge in [-0.2, -0.15) is 0 Å². The van der Waals surface area contributed by atoms with E-state index in [0.717, 1.165) is 5.69 Å². The van der Waals surface area contributed by atoms with Crippen molar-refractivity contribution in [2.45, 2.75) is 0 Å². The van der Waals surface area contributed by atoms with Crippen LogP contribution >= 0.6 is 23.2 Å². The summed E-state index contributed by atoms with van der Waals surface area (Å²) in [5.41, 5.74) is 4.48. The van der Waals surface area contributed by atoms with Crippen LogP contribution in [-0.4, -0.2) is 0 Å². The molecule has 0 spiro atoms. The Balaban J connectivity index is 0.000000810. The largest absolute Gasteiger partial charge is 1.00 e. The third-order valence-corrected chi connectivity index (χ3v) is 1.60. The summed E-state index contributed by atoms with van der Waals surface area (Å²) < 4.78 is 0. The third kappa shape index (κ3) is 2.62. The maximum Gasteiger partial charge on any atom is 0.146 e. The number of rotatable bonds is 0. The normalized spacial score (nSPS) is 8.70. The molecule has 0 radical (unpaired) electrons. The van der Waals surface area contributed by atoms with Crippen LogP contribution < -0.4 is 29.7 Å². The average Bonchev–Trinajstić information content (AvgIpc) is 1.80. The summed E-state index contributed by atoms with van der Waals surface area (Å²) in [6, 6.07) is 5.21. The zero-order chi connectivity index (χ0) is 6.85. The molecule has 0 unspecified atom stereocenters. The molecule has 0 fully saturated rings. The number of benzene rings is 1. The Morgan fingerprint density at radius 2 is 1.80 bits per heavy atom. The molecule has 0 aliphatic rings. The molecular formula is C6H6Cl2IN. The highest BCUT2D eigenvalue weighted by Crippen LogP contribution is 2.20. The zero-order valence-corrected chi connectivity index (χ0v) is 8.74. The molecule has 4 heteroatoms. The number of halogens is 3. The lowest BCUT2D eigenvalue weighted by Crippen LogP contribution is -3.00. The molecular weight excluding hydrogens is 284 g/mol. The first kappa shape index (κ1) is 10.5. The van der Waals surface area contributed by atoms with Crippen LogP contribution in [0, 0.1) is 0 Å². The molecule has 0 aliphatic heterocycles. The van der Waals surface area contributed by atoms with Gasteiger partial charge in [-0.15, -0.1) is 0 Å². The molecule has 0 atom stereocenters. The lowest BCUT2D eigenvalue weighted by molar-refractivity contribution is -0.254. The summed E-state index contributed by atoms with van der Waals surface area (Å²) in [5, 5.41) is 1.26. The molecule has 1 aromatic carbocycles. The first-order valence-electron chi connectivity index (χ1n) is 2.47. The van der Waals surface area contributed by atoms with Crippen molar-refractivity contribution < 1.29 is 29.7 Å². The van der Waals surface area contributed by atoms with E-state index in [1.54, 1.807) is 18.2 Å². The van der Waals surface area contributed by atoms with Gasteiger partial charge in [-0.25, -0.2) is 0 Å². The fourth-order valence-electron chi connectivity index (χ4n) is 0.522. The van der Waals surface area contributed by atoms with Gasteiger partial charge in [-0.1, -0.05) is 23.2 Å². The summed E-state index contributed by atoms with van der Waals surface area (Å²) >= 11 is 11.3. The molecule has 1 rings (SSSR count). The summed E-state index contributed by atoms with van der Waals surface area (Å²) in [7, 11) is 0. The molecule has 3 N–H and O–H groups in total. The molecule has 0 saturated carbocycles. The van der Waals surface area contributed by atoms with Crippen LogP contribution in [-0.2, 0) is 0 Å². The Kier molecular flexibility index (Phi) is 4.60. The van der Waals surface area contributed by atoms with Crippen molar-refractivity contribution in [1.82, 2.24) is 0 Å². The van der Waals surface area contributed by atoms with Crippen molar-refractivity contribution in [3.05, 3.63) is 28.2 Å². The van der Waals surface area contributed by atoms with Crippen LogP contribution in [0.4, 0.5) is 5.69 Å². The second-order valence-electron chi connectivity index (χ2n) is 1.74. The van der Waals surface area contributed by atoms with Gasteiger partial charge in [0.05, 0.1) is 0 Å². The van der Waals surface area contributed by atoms with Crippen molar-refractivity contribution in [3.8, 4) is 0 Å². The quantitative estimate of drug-likeness (QED) is 0.586. The van der Waals surface area contributed by atoms with E-state index in [9.17, 15) is 0 Å².